The van der Waals surface area contributed by atoms with Crippen LogP contribution in [0.4, 0.5) is 11.4 Å². The highest BCUT2D eigenvalue weighted by molar-refractivity contribution is 5.94. The number of hydrogen-bond acceptors (Lipinski definition) is 2. The van der Waals surface area contributed by atoms with Crippen molar-refractivity contribution >= 4 is 17.3 Å². The molecule has 1 aliphatic heterocycles. The molecule has 1 aromatic carbocycles. The standard InChI is InChI=1S/C18H24N2O/c1-12-7-13(2)9-14(8-12)11-19-16-4-5-17-15(10-16)3-6-18(21)20-17/h4-5,7,10,12,14,19H,3,6,8-9,11H2,1-2H3,(H,20,21). The van der Waals surface area contributed by atoms with Gasteiger partial charge in [0.25, 0.3) is 0 Å². The number of rotatable bonds is 3. The van der Waals surface area contributed by atoms with Crippen LogP contribution in [0.25, 0.3) is 0 Å². The Balaban J connectivity index is 1.61. The number of amides is 1. The molecule has 112 valence electrons. The van der Waals surface area contributed by atoms with Crippen molar-refractivity contribution in [3.05, 3.63) is 35.4 Å². The molecule has 0 fully saturated rings. The molecular formula is C18H24N2O. The van der Waals surface area contributed by atoms with Gasteiger partial charge in [0.1, 0.15) is 0 Å². The predicted molar refractivity (Wildman–Crippen MR) is 87.5 cm³/mol. The topological polar surface area (TPSA) is 41.1 Å². The SMILES string of the molecule is CC1=CC(C)CC(CNc2ccc3c(c2)CCC(=O)N3)C1. The van der Waals surface area contributed by atoms with Gasteiger partial charge < -0.3 is 10.6 Å². The lowest BCUT2D eigenvalue weighted by Crippen LogP contribution is -2.21. The van der Waals surface area contributed by atoms with E-state index in [-0.39, 0.29) is 5.91 Å². The summed E-state index contributed by atoms with van der Waals surface area (Å²) in [6.07, 6.45) is 6.32. The summed E-state index contributed by atoms with van der Waals surface area (Å²) < 4.78 is 0. The molecule has 1 amide bonds. The molecule has 1 aromatic rings. The first-order chi connectivity index (χ1) is 10.1. The van der Waals surface area contributed by atoms with Crippen LogP contribution < -0.4 is 10.6 Å². The summed E-state index contributed by atoms with van der Waals surface area (Å²) in [5, 5.41) is 6.51. The normalized spacial score (nSPS) is 24.9. The van der Waals surface area contributed by atoms with Gasteiger partial charge in [0.05, 0.1) is 0 Å². The third-order valence-electron chi connectivity index (χ3n) is 4.48. The molecular weight excluding hydrogens is 260 g/mol. The van der Waals surface area contributed by atoms with Crippen molar-refractivity contribution < 1.29 is 4.79 Å². The lowest BCUT2D eigenvalue weighted by atomic mass is 9.83. The largest absolute Gasteiger partial charge is 0.385 e. The molecule has 2 N–H and O–H groups in total. The maximum absolute atomic E-state index is 11.4. The Bertz CT molecular complexity index is 577. The monoisotopic (exact) mass is 284 g/mol. The summed E-state index contributed by atoms with van der Waals surface area (Å²) in [5.41, 5.74) is 4.91. The fourth-order valence-electron chi connectivity index (χ4n) is 3.60. The maximum atomic E-state index is 11.4. The number of carbonyl (C=O) groups is 1. The molecule has 3 nitrogen and oxygen atoms in total. The average Bonchev–Trinajstić information content (AvgIpc) is 2.44. The van der Waals surface area contributed by atoms with Crippen LogP contribution >= 0.6 is 0 Å². The smallest absolute Gasteiger partial charge is 0.224 e. The minimum absolute atomic E-state index is 0.127. The zero-order valence-electron chi connectivity index (χ0n) is 12.9. The fraction of sp³-hybridized carbons (Fsp3) is 0.500. The molecule has 0 radical (unpaired) electrons. The number of carbonyl (C=O) groups excluding carboxylic acids is 1. The molecule has 2 unspecified atom stereocenters. The predicted octanol–water partition coefficient (Wildman–Crippen LogP) is 3.98. The molecule has 2 aliphatic rings. The number of nitrogens with one attached hydrogen (secondary N) is 2. The first-order valence-corrected chi connectivity index (χ1v) is 7.94. The summed E-state index contributed by atoms with van der Waals surface area (Å²) in [7, 11) is 0. The lowest BCUT2D eigenvalue weighted by Gasteiger charge is -2.26. The van der Waals surface area contributed by atoms with Crippen molar-refractivity contribution in [2.75, 3.05) is 17.2 Å². The van der Waals surface area contributed by atoms with Gasteiger partial charge in [0, 0.05) is 24.3 Å². The number of fused-ring (bicyclic) bond motifs is 1. The second kappa shape index (κ2) is 5.92. The van der Waals surface area contributed by atoms with Crippen LogP contribution in [-0.4, -0.2) is 12.5 Å². The molecule has 1 heterocycles. The summed E-state index contributed by atoms with van der Waals surface area (Å²) in [6, 6.07) is 6.27. The Kier molecular flexibility index (Phi) is 4.00. The van der Waals surface area contributed by atoms with Crippen LogP contribution in [0.3, 0.4) is 0 Å². The van der Waals surface area contributed by atoms with Gasteiger partial charge in [0.15, 0.2) is 0 Å². The Morgan fingerprint density at radius 3 is 3.00 bits per heavy atom. The zero-order valence-corrected chi connectivity index (χ0v) is 12.9. The van der Waals surface area contributed by atoms with E-state index in [1.807, 2.05) is 6.07 Å². The summed E-state index contributed by atoms with van der Waals surface area (Å²) in [5.74, 6) is 1.55. The summed E-state index contributed by atoms with van der Waals surface area (Å²) >= 11 is 0. The lowest BCUT2D eigenvalue weighted by molar-refractivity contribution is -0.116. The van der Waals surface area contributed by atoms with Crippen molar-refractivity contribution in [2.24, 2.45) is 11.8 Å². The van der Waals surface area contributed by atoms with Crippen LogP contribution in [0.1, 0.15) is 38.7 Å². The van der Waals surface area contributed by atoms with E-state index in [0.717, 1.165) is 24.6 Å². The van der Waals surface area contributed by atoms with Gasteiger partial charge in [-0.3, -0.25) is 4.79 Å². The fourth-order valence-corrected chi connectivity index (χ4v) is 3.60. The first-order valence-electron chi connectivity index (χ1n) is 7.94. The number of allylic oxidation sites excluding steroid dienone is 2. The molecule has 2 atom stereocenters. The van der Waals surface area contributed by atoms with Gasteiger partial charge in [-0.1, -0.05) is 18.6 Å². The molecule has 21 heavy (non-hydrogen) atoms. The van der Waals surface area contributed by atoms with Crippen LogP contribution in [0, 0.1) is 11.8 Å². The molecule has 1 aliphatic carbocycles. The summed E-state index contributed by atoms with van der Waals surface area (Å²) in [6.45, 7) is 5.57. The maximum Gasteiger partial charge on any atom is 0.224 e. The highest BCUT2D eigenvalue weighted by Crippen LogP contribution is 2.29. The van der Waals surface area contributed by atoms with Crippen LogP contribution in [0.5, 0.6) is 0 Å². The Morgan fingerprint density at radius 2 is 2.19 bits per heavy atom. The van der Waals surface area contributed by atoms with Crippen LogP contribution in [0.2, 0.25) is 0 Å². The van der Waals surface area contributed by atoms with E-state index in [9.17, 15) is 4.79 Å². The van der Waals surface area contributed by atoms with E-state index in [0.29, 0.717) is 12.3 Å². The van der Waals surface area contributed by atoms with Crippen molar-refractivity contribution in [3.8, 4) is 0 Å². The van der Waals surface area contributed by atoms with E-state index in [1.165, 1.54) is 29.7 Å². The second-order valence-corrected chi connectivity index (χ2v) is 6.60. The minimum atomic E-state index is 0.127. The highest BCUT2D eigenvalue weighted by atomic mass is 16.1. The number of aryl methyl sites for hydroxylation is 1. The van der Waals surface area contributed by atoms with Crippen molar-refractivity contribution in [1.29, 1.82) is 0 Å². The van der Waals surface area contributed by atoms with Crippen molar-refractivity contribution in [3.63, 3.8) is 0 Å². The van der Waals surface area contributed by atoms with E-state index in [1.54, 1.807) is 0 Å². The van der Waals surface area contributed by atoms with Gasteiger partial charge in [-0.05, 0) is 61.8 Å². The third kappa shape index (κ3) is 3.46. The van der Waals surface area contributed by atoms with E-state index < -0.39 is 0 Å². The first kappa shape index (κ1) is 14.2. The molecule has 0 aromatic heterocycles. The average molecular weight is 284 g/mol. The van der Waals surface area contributed by atoms with Gasteiger partial charge in [-0.2, -0.15) is 0 Å². The quantitative estimate of drug-likeness (QED) is 0.824. The Hall–Kier alpha value is -1.77. The van der Waals surface area contributed by atoms with E-state index in [2.05, 4.69) is 42.7 Å². The molecule has 3 heteroatoms. The van der Waals surface area contributed by atoms with Gasteiger partial charge in [-0.25, -0.2) is 0 Å². The summed E-state index contributed by atoms with van der Waals surface area (Å²) in [4.78, 5) is 11.4. The Labute approximate surface area is 126 Å². The number of hydrogen-bond donors (Lipinski definition) is 2. The molecule has 0 saturated heterocycles. The van der Waals surface area contributed by atoms with Gasteiger partial charge in [0.2, 0.25) is 5.91 Å². The van der Waals surface area contributed by atoms with Gasteiger partial charge in [-0.15, -0.1) is 0 Å². The number of benzene rings is 1. The third-order valence-corrected chi connectivity index (χ3v) is 4.48. The van der Waals surface area contributed by atoms with Crippen LogP contribution in [0.15, 0.2) is 29.8 Å². The number of anilines is 2. The zero-order chi connectivity index (χ0) is 14.8. The van der Waals surface area contributed by atoms with Crippen LogP contribution in [-0.2, 0) is 11.2 Å². The van der Waals surface area contributed by atoms with E-state index >= 15 is 0 Å². The molecule has 0 spiro atoms. The second-order valence-electron chi connectivity index (χ2n) is 6.60. The highest BCUT2D eigenvalue weighted by Gasteiger charge is 2.18. The molecule has 0 saturated carbocycles. The van der Waals surface area contributed by atoms with Crippen molar-refractivity contribution in [1.82, 2.24) is 0 Å². The molecule has 3 rings (SSSR count). The van der Waals surface area contributed by atoms with Crippen molar-refractivity contribution in [2.45, 2.75) is 39.5 Å². The Morgan fingerprint density at radius 1 is 1.33 bits per heavy atom. The van der Waals surface area contributed by atoms with E-state index in [4.69, 9.17) is 0 Å². The minimum Gasteiger partial charge on any atom is -0.385 e. The van der Waals surface area contributed by atoms with Gasteiger partial charge >= 0.3 is 0 Å². The molecule has 0 bridgehead atoms.